The Hall–Kier alpha value is -5.09. The third kappa shape index (κ3) is 6.40. The number of aromatic nitrogens is 2. The van der Waals surface area contributed by atoms with E-state index in [-0.39, 0.29) is 37.6 Å². The number of amides is 2. The molecule has 10 heteroatoms. The van der Waals surface area contributed by atoms with Crippen molar-refractivity contribution in [2.75, 3.05) is 18.1 Å². The Labute approximate surface area is 282 Å². The number of carbonyl (C=O) groups excluding carboxylic acids is 2. The summed E-state index contributed by atoms with van der Waals surface area (Å²) in [7, 11) is 0. The first kappa shape index (κ1) is 32.8. The summed E-state index contributed by atoms with van der Waals surface area (Å²) < 4.78 is 1.34. The zero-order chi connectivity index (χ0) is 33.8. The number of aliphatic hydroxyl groups excluding tert-OH is 1. The van der Waals surface area contributed by atoms with Crippen molar-refractivity contribution in [2.24, 2.45) is 5.92 Å². The molecule has 5 aromatic rings. The number of hydrogen-bond donors (Lipinski definition) is 2. The topological polar surface area (TPSA) is 116 Å². The number of halogens is 1. The van der Waals surface area contributed by atoms with Crippen LogP contribution in [-0.4, -0.2) is 49.9 Å². The van der Waals surface area contributed by atoms with E-state index in [2.05, 4.69) is 5.10 Å². The van der Waals surface area contributed by atoms with Gasteiger partial charge in [0.25, 0.3) is 11.5 Å². The molecule has 4 aromatic carbocycles. The average Bonchev–Trinajstić information content (AvgIpc) is 3.31. The lowest BCUT2D eigenvalue weighted by atomic mass is 9.83. The largest absolute Gasteiger partial charge is 0.395 e. The maximum atomic E-state index is 14.0. The van der Waals surface area contributed by atoms with Crippen LogP contribution >= 0.6 is 11.6 Å². The first-order chi connectivity index (χ1) is 23.2. The Balaban J connectivity index is 1.20. The lowest BCUT2D eigenvalue weighted by Gasteiger charge is -2.28. The van der Waals surface area contributed by atoms with E-state index in [1.54, 1.807) is 66.6 Å². The third-order valence-electron chi connectivity index (χ3n) is 8.76. The molecule has 9 nitrogen and oxygen atoms in total. The number of benzene rings is 4. The van der Waals surface area contributed by atoms with Crippen LogP contribution in [0.1, 0.15) is 30.0 Å². The highest BCUT2D eigenvalue weighted by Crippen LogP contribution is 2.46. The van der Waals surface area contributed by atoms with Crippen molar-refractivity contribution in [3.8, 4) is 5.69 Å². The summed E-state index contributed by atoms with van der Waals surface area (Å²) in [5.41, 5.74) is 1.09. The van der Waals surface area contributed by atoms with Crippen molar-refractivity contribution in [3.05, 3.63) is 147 Å². The van der Waals surface area contributed by atoms with E-state index in [0.29, 0.717) is 33.9 Å². The zero-order valence-electron chi connectivity index (χ0n) is 26.4. The molecule has 0 spiro atoms. The van der Waals surface area contributed by atoms with Crippen LogP contribution in [0, 0.1) is 5.92 Å². The third-order valence-corrected chi connectivity index (χ3v) is 9.00. The molecule has 0 saturated heterocycles. The van der Waals surface area contributed by atoms with Crippen molar-refractivity contribution >= 4 is 39.9 Å². The van der Waals surface area contributed by atoms with Gasteiger partial charge in [-0.3, -0.25) is 14.4 Å². The molecule has 1 aromatic heterocycles. The summed E-state index contributed by atoms with van der Waals surface area (Å²) in [5.74, 6) is -1.39. The molecule has 2 N–H and O–H groups in total. The van der Waals surface area contributed by atoms with Crippen molar-refractivity contribution in [3.63, 3.8) is 0 Å². The number of fused-ring (bicyclic) bond motifs is 2. The standard InChI is InChI=1S/C38H35ClN4O5/c1-26(8-7-13-35(45)41(20-21-44)24-27-9-3-2-4-10-27)38(48)33-22-30(39)16-19-34(33)42(37(38)47)25-28-14-17-31(18-15-28)43-36(46)32-12-6-5-11-29(32)23-40-43/h2-12,14-19,22-23,26,44,48H,13,20-21,24-25H2,1H3/b8-7+/t26-,38+/m0/s1. The average molecular weight is 663 g/mol. The molecule has 244 valence electrons. The molecule has 2 amide bonds. The van der Waals surface area contributed by atoms with Crippen molar-refractivity contribution in [1.82, 2.24) is 14.7 Å². The Kier molecular flexibility index (Phi) is 9.54. The summed E-state index contributed by atoms with van der Waals surface area (Å²) in [5, 5.41) is 27.6. The van der Waals surface area contributed by atoms with Gasteiger partial charge in [0, 0.05) is 41.4 Å². The van der Waals surface area contributed by atoms with E-state index < -0.39 is 17.4 Å². The zero-order valence-corrected chi connectivity index (χ0v) is 27.1. The summed E-state index contributed by atoms with van der Waals surface area (Å²) in [6.45, 7) is 2.29. The van der Waals surface area contributed by atoms with Crippen LogP contribution in [-0.2, 0) is 28.3 Å². The van der Waals surface area contributed by atoms with E-state index in [4.69, 9.17) is 11.6 Å². The number of nitrogens with zero attached hydrogens (tertiary/aromatic N) is 4. The van der Waals surface area contributed by atoms with Gasteiger partial charge >= 0.3 is 0 Å². The molecule has 0 unspecified atom stereocenters. The van der Waals surface area contributed by atoms with Gasteiger partial charge in [-0.2, -0.15) is 9.78 Å². The summed E-state index contributed by atoms with van der Waals surface area (Å²) >= 11 is 6.35. The van der Waals surface area contributed by atoms with Crippen molar-refractivity contribution in [1.29, 1.82) is 0 Å². The second-order valence-corrected chi connectivity index (χ2v) is 12.3. The molecule has 0 radical (unpaired) electrons. The van der Waals surface area contributed by atoms with E-state index in [0.717, 1.165) is 16.5 Å². The molecule has 2 heterocycles. The molecular weight excluding hydrogens is 628 g/mol. The molecule has 2 atom stereocenters. The minimum Gasteiger partial charge on any atom is -0.395 e. The predicted octanol–water partition coefficient (Wildman–Crippen LogP) is 5.38. The Morgan fingerprint density at radius 2 is 1.71 bits per heavy atom. The summed E-state index contributed by atoms with van der Waals surface area (Å²) in [6, 6.07) is 29.0. The van der Waals surface area contributed by atoms with E-state index >= 15 is 0 Å². The minimum atomic E-state index is -1.92. The number of rotatable bonds is 11. The molecule has 48 heavy (non-hydrogen) atoms. The Morgan fingerprint density at radius 1 is 0.979 bits per heavy atom. The summed E-state index contributed by atoms with van der Waals surface area (Å²) in [6.07, 6.45) is 5.02. The summed E-state index contributed by atoms with van der Waals surface area (Å²) in [4.78, 5) is 43.3. The smallest absolute Gasteiger partial charge is 0.279 e. The van der Waals surface area contributed by atoms with E-state index in [1.165, 1.54) is 9.58 Å². The van der Waals surface area contributed by atoms with E-state index in [1.807, 2.05) is 60.7 Å². The van der Waals surface area contributed by atoms with Crippen molar-refractivity contribution < 1.29 is 19.8 Å². The fourth-order valence-corrected chi connectivity index (χ4v) is 6.31. The van der Waals surface area contributed by atoms with Crippen LogP contribution in [0.15, 0.2) is 120 Å². The molecule has 0 saturated carbocycles. The lowest BCUT2D eigenvalue weighted by Crippen LogP contribution is -2.44. The predicted molar refractivity (Wildman–Crippen MR) is 186 cm³/mol. The second-order valence-electron chi connectivity index (χ2n) is 11.9. The first-order valence-corrected chi connectivity index (χ1v) is 16.1. The maximum absolute atomic E-state index is 14.0. The molecule has 0 aliphatic carbocycles. The normalized spacial score (nSPS) is 16.4. The molecule has 0 bridgehead atoms. The van der Waals surface area contributed by atoms with Crippen LogP contribution < -0.4 is 10.5 Å². The van der Waals surface area contributed by atoms with Gasteiger partial charge in [-0.25, -0.2) is 0 Å². The van der Waals surface area contributed by atoms with Crippen LogP contribution in [0.25, 0.3) is 16.5 Å². The highest BCUT2D eigenvalue weighted by molar-refractivity contribution is 6.31. The van der Waals surface area contributed by atoms with Crippen LogP contribution in [0.5, 0.6) is 0 Å². The van der Waals surface area contributed by atoms with Crippen LogP contribution in [0.4, 0.5) is 5.69 Å². The van der Waals surface area contributed by atoms with Gasteiger partial charge in [-0.05, 0) is 47.5 Å². The van der Waals surface area contributed by atoms with Crippen molar-refractivity contribution in [2.45, 2.75) is 32.0 Å². The fraction of sp³-hybridized carbons (Fsp3) is 0.211. The fourth-order valence-electron chi connectivity index (χ4n) is 6.13. The highest BCUT2D eigenvalue weighted by Gasteiger charge is 2.52. The van der Waals surface area contributed by atoms with Gasteiger partial charge < -0.3 is 20.0 Å². The number of aliphatic hydroxyl groups is 2. The quantitative estimate of drug-likeness (QED) is 0.184. The van der Waals surface area contributed by atoms with E-state index in [9.17, 15) is 24.6 Å². The highest BCUT2D eigenvalue weighted by atomic mass is 35.5. The number of carbonyl (C=O) groups is 2. The number of anilines is 1. The monoisotopic (exact) mass is 662 g/mol. The molecule has 1 aliphatic rings. The first-order valence-electron chi connectivity index (χ1n) is 15.7. The lowest BCUT2D eigenvalue weighted by molar-refractivity contribution is -0.139. The molecule has 0 fully saturated rings. The van der Waals surface area contributed by atoms with Gasteiger partial charge in [-0.15, -0.1) is 0 Å². The SMILES string of the molecule is C[C@@H](/C=C/CC(=O)N(CCO)Cc1ccccc1)[C@]1(O)C(=O)N(Cc2ccc(-n3ncc4ccccc4c3=O)cc2)c2ccc(Cl)cc21. The molecule has 1 aliphatic heterocycles. The van der Waals surface area contributed by atoms with Gasteiger partial charge in [-0.1, -0.05) is 91.3 Å². The second kappa shape index (κ2) is 13.9. The van der Waals surface area contributed by atoms with Gasteiger partial charge in [0.05, 0.1) is 36.1 Å². The van der Waals surface area contributed by atoms with Crippen LogP contribution in [0.3, 0.4) is 0 Å². The van der Waals surface area contributed by atoms with Gasteiger partial charge in [0.2, 0.25) is 5.91 Å². The molecular formula is C38H35ClN4O5. The van der Waals surface area contributed by atoms with Crippen LogP contribution in [0.2, 0.25) is 5.02 Å². The minimum absolute atomic E-state index is 0.0368. The number of hydrogen-bond acceptors (Lipinski definition) is 6. The Morgan fingerprint density at radius 3 is 2.46 bits per heavy atom. The maximum Gasteiger partial charge on any atom is 0.279 e. The Bertz CT molecular complexity index is 2050. The van der Waals surface area contributed by atoms with Gasteiger partial charge in [0.1, 0.15) is 0 Å². The van der Waals surface area contributed by atoms with Gasteiger partial charge in [0.15, 0.2) is 5.60 Å². The molecule has 6 rings (SSSR count).